The minimum atomic E-state index is -0.343. The molecule has 7 rings (SSSR count). The number of likely N-dealkylation sites (tertiary alicyclic amines) is 1. The Labute approximate surface area is 267 Å². The molecule has 0 amide bonds. The van der Waals surface area contributed by atoms with Crippen molar-refractivity contribution in [1.82, 2.24) is 19.7 Å². The zero-order chi connectivity index (χ0) is 30.9. The van der Waals surface area contributed by atoms with Gasteiger partial charge < -0.3 is 15.0 Å². The van der Waals surface area contributed by atoms with Crippen LogP contribution in [-0.2, 0) is 17.6 Å². The van der Waals surface area contributed by atoms with Crippen LogP contribution < -0.4 is 5.32 Å². The molecule has 1 aliphatic heterocycles. The van der Waals surface area contributed by atoms with Gasteiger partial charge in [0.1, 0.15) is 5.56 Å². The van der Waals surface area contributed by atoms with E-state index in [0.29, 0.717) is 30.3 Å². The fourth-order valence-electron chi connectivity index (χ4n) is 7.44. The minimum Gasteiger partial charge on any atom is -0.462 e. The van der Waals surface area contributed by atoms with E-state index in [-0.39, 0.29) is 12.0 Å². The number of benzene rings is 2. The highest BCUT2D eigenvalue weighted by Gasteiger charge is 2.29. The first-order valence-electron chi connectivity index (χ1n) is 16.9. The molecular weight excluding hydrogens is 558 g/mol. The molecular formula is C38H45N5O2. The molecule has 7 heteroatoms. The van der Waals surface area contributed by atoms with Gasteiger partial charge >= 0.3 is 5.97 Å². The molecule has 3 aliphatic rings. The second-order valence-corrected chi connectivity index (χ2v) is 13.1. The zero-order valence-corrected chi connectivity index (χ0v) is 26.9. The third kappa shape index (κ3) is 6.15. The molecule has 1 N–H and O–H groups in total. The van der Waals surface area contributed by atoms with Crippen molar-refractivity contribution >= 4 is 11.7 Å². The highest BCUT2D eigenvalue weighted by molar-refractivity contribution is 5.90. The molecule has 7 nitrogen and oxygen atoms in total. The second-order valence-electron chi connectivity index (χ2n) is 13.1. The molecule has 2 aliphatic carbocycles. The number of hydrogen-bond donors (Lipinski definition) is 1. The molecule has 1 unspecified atom stereocenters. The van der Waals surface area contributed by atoms with Crippen molar-refractivity contribution in [2.75, 3.05) is 31.6 Å². The van der Waals surface area contributed by atoms with Gasteiger partial charge in [0.05, 0.1) is 30.2 Å². The fourth-order valence-corrected chi connectivity index (χ4v) is 7.44. The molecule has 1 saturated heterocycles. The Hall–Kier alpha value is -3.97. The topological polar surface area (TPSA) is 72.3 Å². The van der Waals surface area contributed by atoms with E-state index in [2.05, 4.69) is 64.7 Å². The van der Waals surface area contributed by atoms with E-state index in [1.807, 2.05) is 26.0 Å². The number of carbonyl (C=O) groups excluding carboxylic acids is 1. The van der Waals surface area contributed by atoms with Crippen molar-refractivity contribution < 1.29 is 9.53 Å². The monoisotopic (exact) mass is 603 g/mol. The van der Waals surface area contributed by atoms with E-state index in [4.69, 9.17) is 9.72 Å². The van der Waals surface area contributed by atoms with E-state index in [1.54, 1.807) is 10.9 Å². The number of nitrogens with one attached hydrogen (secondary N) is 1. The Morgan fingerprint density at radius 1 is 1.00 bits per heavy atom. The summed E-state index contributed by atoms with van der Waals surface area (Å²) < 4.78 is 7.04. The van der Waals surface area contributed by atoms with Gasteiger partial charge in [0.25, 0.3) is 0 Å². The Morgan fingerprint density at radius 2 is 1.82 bits per heavy atom. The Balaban J connectivity index is 1.11. The quantitative estimate of drug-likeness (QED) is 0.188. The van der Waals surface area contributed by atoms with Crippen LogP contribution in [0.25, 0.3) is 17.1 Å². The molecule has 2 aromatic heterocycles. The normalized spacial score (nSPS) is 18.6. The van der Waals surface area contributed by atoms with Crippen molar-refractivity contribution in [3.05, 3.63) is 94.3 Å². The first-order valence-corrected chi connectivity index (χ1v) is 16.9. The summed E-state index contributed by atoms with van der Waals surface area (Å²) in [5, 5.41) is 8.47. The van der Waals surface area contributed by atoms with Gasteiger partial charge in [-0.05, 0) is 124 Å². The van der Waals surface area contributed by atoms with Crippen LogP contribution in [-0.4, -0.2) is 51.9 Å². The third-order valence-corrected chi connectivity index (χ3v) is 10.0. The Kier molecular flexibility index (Phi) is 8.45. The summed E-state index contributed by atoms with van der Waals surface area (Å²) in [5.41, 5.74) is 10.1. The van der Waals surface area contributed by atoms with Crippen LogP contribution in [0.5, 0.6) is 0 Å². The lowest BCUT2D eigenvalue weighted by molar-refractivity contribution is 0.0525. The molecule has 45 heavy (non-hydrogen) atoms. The van der Waals surface area contributed by atoms with Crippen LogP contribution in [0.2, 0.25) is 0 Å². The first-order chi connectivity index (χ1) is 22.0. The highest BCUT2D eigenvalue weighted by Crippen LogP contribution is 2.41. The van der Waals surface area contributed by atoms with Crippen LogP contribution >= 0.6 is 0 Å². The molecule has 0 radical (unpaired) electrons. The summed E-state index contributed by atoms with van der Waals surface area (Å²) >= 11 is 0. The number of aromatic nitrogens is 3. The zero-order valence-electron chi connectivity index (χ0n) is 26.9. The Morgan fingerprint density at radius 3 is 2.58 bits per heavy atom. The number of pyridine rings is 1. The number of hydrogen-bond acceptors (Lipinski definition) is 6. The number of ether oxygens (including phenoxy) is 1. The lowest BCUT2D eigenvalue weighted by Crippen LogP contribution is -2.34. The van der Waals surface area contributed by atoms with E-state index in [9.17, 15) is 4.79 Å². The standard InChI is InChI=1S/C38H45N5O2/c1-4-35-31(38(44)45-5-2)23-39-43(35)36-11-7-10-33(41-36)30-9-6-8-28-14-17-34(37(28)30)40-32-16-15-29(22-25(32)3)27-18-20-42(21-19-27)24-26-12-13-26/h6-11,15-16,22-23,26-27,34,40H,4-5,12-14,17-21,24H2,1-3H3. The van der Waals surface area contributed by atoms with Gasteiger partial charge in [0.15, 0.2) is 5.82 Å². The van der Waals surface area contributed by atoms with E-state index >= 15 is 0 Å². The van der Waals surface area contributed by atoms with E-state index in [1.165, 1.54) is 73.3 Å². The lowest BCUT2D eigenvalue weighted by Gasteiger charge is -2.32. The molecule has 234 valence electrons. The number of rotatable bonds is 10. The predicted octanol–water partition coefficient (Wildman–Crippen LogP) is 7.67. The minimum absolute atomic E-state index is 0.211. The third-order valence-electron chi connectivity index (χ3n) is 10.0. The van der Waals surface area contributed by atoms with Crippen LogP contribution in [0.15, 0.2) is 60.8 Å². The summed E-state index contributed by atoms with van der Waals surface area (Å²) in [4.78, 5) is 20.3. The van der Waals surface area contributed by atoms with Crippen LogP contribution in [0.1, 0.15) is 96.2 Å². The van der Waals surface area contributed by atoms with Gasteiger partial charge in [-0.1, -0.05) is 43.3 Å². The molecule has 0 spiro atoms. The second kappa shape index (κ2) is 12.8. The lowest BCUT2D eigenvalue weighted by atomic mass is 9.88. The van der Waals surface area contributed by atoms with Gasteiger partial charge in [0, 0.05) is 17.8 Å². The van der Waals surface area contributed by atoms with Gasteiger partial charge in [0.2, 0.25) is 0 Å². The maximum Gasteiger partial charge on any atom is 0.341 e. The number of anilines is 1. The molecule has 2 fully saturated rings. The van der Waals surface area contributed by atoms with Gasteiger partial charge in [-0.15, -0.1) is 0 Å². The molecule has 1 saturated carbocycles. The largest absolute Gasteiger partial charge is 0.462 e. The summed E-state index contributed by atoms with van der Waals surface area (Å²) in [7, 11) is 0. The van der Waals surface area contributed by atoms with Crippen molar-refractivity contribution in [3.8, 4) is 17.1 Å². The van der Waals surface area contributed by atoms with E-state index in [0.717, 1.165) is 35.7 Å². The van der Waals surface area contributed by atoms with Crippen LogP contribution in [0.4, 0.5) is 5.69 Å². The van der Waals surface area contributed by atoms with Crippen molar-refractivity contribution in [3.63, 3.8) is 0 Å². The molecule has 0 bridgehead atoms. The molecule has 2 aromatic carbocycles. The summed E-state index contributed by atoms with van der Waals surface area (Å²) in [5.74, 6) is 2.00. The molecule has 1 atom stereocenters. The van der Waals surface area contributed by atoms with Gasteiger partial charge in [-0.25, -0.2) is 14.5 Å². The van der Waals surface area contributed by atoms with Crippen LogP contribution in [0, 0.1) is 12.8 Å². The number of fused-ring (bicyclic) bond motifs is 1. The first kappa shape index (κ1) is 29.7. The highest BCUT2D eigenvalue weighted by atomic mass is 16.5. The molecule has 3 heterocycles. The van der Waals surface area contributed by atoms with Crippen molar-refractivity contribution in [2.45, 2.75) is 77.7 Å². The van der Waals surface area contributed by atoms with Crippen molar-refractivity contribution in [2.24, 2.45) is 5.92 Å². The summed E-state index contributed by atoms with van der Waals surface area (Å²) in [6.45, 7) is 10.2. The summed E-state index contributed by atoms with van der Waals surface area (Å²) in [6.07, 6.45) is 9.75. The number of esters is 1. The predicted molar refractivity (Wildman–Crippen MR) is 179 cm³/mol. The maximum atomic E-state index is 12.5. The number of nitrogens with zero attached hydrogens (tertiary/aromatic N) is 4. The smallest absolute Gasteiger partial charge is 0.341 e. The van der Waals surface area contributed by atoms with Gasteiger partial charge in [-0.2, -0.15) is 5.10 Å². The fraction of sp³-hybridized carbons (Fsp3) is 0.447. The number of carbonyl (C=O) groups is 1. The van der Waals surface area contributed by atoms with Crippen LogP contribution in [0.3, 0.4) is 0 Å². The van der Waals surface area contributed by atoms with Gasteiger partial charge in [-0.3, -0.25) is 0 Å². The summed E-state index contributed by atoms with van der Waals surface area (Å²) in [6, 6.07) is 19.9. The number of aryl methyl sites for hydroxylation is 2. The molecule has 4 aromatic rings. The SMILES string of the molecule is CCOC(=O)c1cnn(-c2cccc(-c3cccc4c3C(Nc3ccc(C5CCN(CC6CC6)CC5)cc3C)CC4)n2)c1CC. The van der Waals surface area contributed by atoms with E-state index < -0.39 is 0 Å². The number of piperidine rings is 1. The Bertz CT molecular complexity index is 1680. The average Bonchev–Trinajstić information content (AvgIpc) is 3.61. The maximum absolute atomic E-state index is 12.5. The van der Waals surface area contributed by atoms with Crippen molar-refractivity contribution in [1.29, 1.82) is 0 Å². The average molecular weight is 604 g/mol.